The van der Waals surface area contributed by atoms with Gasteiger partial charge in [0, 0.05) is 6.42 Å². The molecule has 0 heterocycles. The lowest BCUT2D eigenvalue weighted by atomic mass is 10.0. The van der Waals surface area contributed by atoms with Gasteiger partial charge in [0.25, 0.3) is 0 Å². The highest BCUT2D eigenvalue weighted by molar-refractivity contribution is 5.76. The highest BCUT2D eigenvalue weighted by atomic mass is 16.3. The number of allylic oxidation sites excluding steroid dienone is 3. The SMILES string of the molecule is CCCCCCCCCCCCCCCCCCCCCCC/C=C/CC/C=C/C(O)C(CO)NC(=O)CCCCCCCCCCCCCCCCCCCCCCCCCCCCCCCCCCCCCC. The van der Waals surface area contributed by atoms with E-state index in [0.29, 0.717) is 6.42 Å². The Labute approximate surface area is 472 Å². The Hall–Kier alpha value is -1.13. The number of rotatable bonds is 66. The summed E-state index contributed by atoms with van der Waals surface area (Å²) in [4.78, 5) is 12.5. The van der Waals surface area contributed by atoms with Gasteiger partial charge in [0.15, 0.2) is 0 Å². The smallest absolute Gasteiger partial charge is 0.220 e. The van der Waals surface area contributed by atoms with Gasteiger partial charge in [-0.2, -0.15) is 0 Å². The first-order valence-corrected chi connectivity index (χ1v) is 35.1. The molecule has 4 heteroatoms. The molecule has 0 fully saturated rings. The number of hydrogen-bond acceptors (Lipinski definition) is 3. The summed E-state index contributed by atoms with van der Waals surface area (Å²) in [5.74, 6) is -0.0640. The van der Waals surface area contributed by atoms with Crippen molar-refractivity contribution in [3.05, 3.63) is 24.3 Å². The van der Waals surface area contributed by atoms with Crippen LogP contribution in [0.1, 0.15) is 406 Å². The largest absolute Gasteiger partial charge is 0.394 e. The molecule has 4 nitrogen and oxygen atoms in total. The first-order valence-electron chi connectivity index (χ1n) is 35.1. The predicted molar refractivity (Wildman–Crippen MR) is 336 cm³/mol. The van der Waals surface area contributed by atoms with E-state index in [9.17, 15) is 15.0 Å². The van der Waals surface area contributed by atoms with E-state index in [-0.39, 0.29) is 12.5 Å². The molecule has 0 aromatic heterocycles. The molecule has 3 N–H and O–H groups in total. The van der Waals surface area contributed by atoms with Crippen LogP contribution in [0.25, 0.3) is 0 Å². The van der Waals surface area contributed by atoms with Crippen LogP contribution in [-0.4, -0.2) is 34.9 Å². The van der Waals surface area contributed by atoms with Gasteiger partial charge in [0.05, 0.1) is 18.8 Å². The van der Waals surface area contributed by atoms with E-state index in [0.717, 1.165) is 32.1 Å². The second-order valence-corrected chi connectivity index (χ2v) is 24.3. The molecule has 446 valence electrons. The fourth-order valence-corrected chi connectivity index (χ4v) is 11.4. The molecule has 0 aliphatic carbocycles. The number of unbranched alkanes of at least 4 members (excludes halogenated alkanes) is 57. The fourth-order valence-electron chi connectivity index (χ4n) is 11.4. The second kappa shape index (κ2) is 67.1. The van der Waals surface area contributed by atoms with Crippen molar-refractivity contribution in [1.82, 2.24) is 5.32 Å². The van der Waals surface area contributed by atoms with Crippen molar-refractivity contribution in [2.24, 2.45) is 0 Å². The molecule has 0 saturated carbocycles. The van der Waals surface area contributed by atoms with Crippen LogP contribution < -0.4 is 5.32 Å². The Kier molecular flexibility index (Phi) is 66.1. The topological polar surface area (TPSA) is 69.6 Å². The van der Waals surface area contributed by atoms with E-state index < -0.39 is 12.1 Å². The second-order valence-electron chi connectivity index (χ2n) is 24.3. The number of carbonyl (C=O) groups is 1. The van der Waals surface area contributed by atoms with E-state index in [4.69, 9.17) is 0 Å². The summed E-state index contributed by atoms with van der Waals surface area (Å²) in [6.45, 7) is 4.35. The van der Waals surface area contributed by atoms with E-state index in [1.54, 1.807) is 6.08 Å². The van der Waals surface area contributed by atoms with Gasteiger partial charge in [-0.05, 0) is 32.1 Å². The van der Waals surface area contributed by atoms with Crippen LogP contribution in [0.2, 0.25) is 0 Å². The first-order chi connectivity index (χ1) is 37.2. The van der Waals surface area contributed by atoms with Gasteiger partial charge in [-0.3, -0.25) is 4.79 Å². The third kappa shape index (κ3) is 63.6. The summed E-state index contributed by atoms with van der Waals surface area (Å²) < 4.78 is 0. The van der Waals surface area contributed by atoms with E-state index in [1.165, 1.54) is 353 Å². The van der Waals surface area contributed by atoms with Crippen molar-refractivity contribution in [1.29, 1.82) is 0 Å². The maximum absolute atomic E-state index is 12.5. The average molecular weight is 1050 g/mol. The molecule has 0 rings (SSSR count). The van der Waals surface area contributed by atoms with Gasteiger partial charge < -0.3 is 15.5 Å². The van der Waals surface area contributed by atoms with Crippen molar-refractivity contribution in [2.75, 3.05) is 6.61 Å². The minimum atomic E-state index is -0.861. The summed E-state index contributed by atoms with van der Waals surface area (Å²) in [6, 6.07) is -0.638. The lowest BCUT2D eigenvalue weighted by Crippen LogP contribution is -2.45. The monoisotopic (exact) mass is 1050 g/mol. The summed E-state index contributed by atoms with van der Waals surface area (Å²) in [5, 5.41) is 23.3. The van der Waals surface area contributed by atoms with Crippen molar-refractivity contribution in [3.63, 3.8) is 0 Å². The number of carbonyl (C=O) groups excluding carboxylic acids is 1. The fraction of sp³-hybridized carbons (Fsp3) is 0.930. The maximum Gasteiger partial charge on any atom is 0.220 e. The number of aliphatic hydroxyl groups excluding tert-OH is 2. The maximum atomic E-state index is 12.5. The molecule has 0 aromatic carbocycles. The quantitative estimate of drug-likeness (QED) is 0.0420. The minimum Gasteiger partial charge on any atom is -0.394 e. The molecule has 0 aliphatic rings. The number of aliphatic hydroxyl groups is 2. The zero-order valence-corrected chi connectivity index (χ0v) is 51.6. The molecule has 0 aromatic rings. The summed E-state index contributed by atoms with van der Waals surface area (Å²) in [7, 11) is 0. The van der Waals surface area contributed by atoms with Crippen LogP contribution in [0.15, 0.2) is 24.3 Å². The molecule has 0 radical (unpaired) electrons. The molecule has 1 amide bonds. The third-order valence-electron chi connectivity index (χ3n) is 16.7. The van der Waals surface area contributed by atoms with Gasteiger partial charge in [-0.1, -0.05) is 391 Å². The van der Waals surface area contributed by atoms with Gasteiger partial charge in [-0.15, -0.1) is 0 Å². The summed E-state index contributed by atoms with van der Waals surface area (Å²) >= 11 is 0. The standard InChI is InChI=1S/C71H139NO3/c1-3-5-7-9-11-13-15-17-19-21-23-25-27-29-31-32-33-34-35-36-37-38-39-41-43-45-47-49-51-53-55-57-59-61-63-65-67-71(75)72-69(68-73)70(74)66-64-62-60-58-56-54-52-50-48-46-44-42-40-30-28-26-24-22-20-18-16-14-12-10-8-6-4-2/h56,58,64,66,69-70,73-74H,3-55,57,59-63,65,67-68H2,1-2H3,(H,72,75)/b58-56+,66-64+. The zero-order valence-electron chi connectivity index (χ0n) is 51.6. The van der Waals surface area contributed by atoms with Gasteiger partial charge in [0.1, 0.15) is 0 Å². The Morgan fingerprint density at radius 3 is 0.773 bits per heavy atom. The molecule has 75 heavy (non-hydrogen) atoms. The van der Waals surface area contributed by atoms with E-state index >= 15 is 0 Å². The van der Waals surface area contributed by atoms with Crippen LogP contribution in [0, 0.1) is 0 Å². The van der Waals surface area contributed by atoms with Crippen molar-refractivity contribution in [3.8, 4) is 0 Å². The normalized spacial score (nSPS) is 12.7. The average Bonchev–Trinajstić information content (AvgIpc) is 3.41. The lowest BCUT2D eigenvalue weighted by molar-refractivity contribution is -0.123. The Balaban J connectivity index is 3.41. The highest BCUT2D eigenvalue weighted by Gasteiger charge is 2.18. The van der Waals surface area contributed by atoms with Crippen LogP contribution >= 0.6 is 0 Å². The van der Waals surface area contributed by atoms with E-state index in [2.05, 4.69) is 31.3 Å². The van der Waals surface area contributed by atoms with Crippen LogP contribution in [-0.2, 0) is 4.79 Å². The van der Waals surface area contributed by atoms with Crippen molar-refractivity contribution < 1.29 is 15.0 Å². The zero-order chi connectivity index (χ0) is 54.1. The summed E-state index contributed by atoms with van der Waals surface area (Å²) in [6.07, 6.45) is 91.4. The van der Waals surface area contributed by atoms with E-state index in [1.807, 2.05) is 6.08 Å². The van der Waals surface area contributed by atoms with Gasteiger partial charge >= 0.3 is 0 Å². The Morgan fingerprint density at radius 1 is 0.307 bits per heavy atom. The van der Waals surface area contributed by atoms with Crippen molar-refractivity contribution in [2.45, 2.75) is 418 Å². The molecule has 0 saturated heterocycles. The summed E-state index contributed by atoms with van der Waals surface area (Å²) in [5.41, 5.74) is 0. The minimum absolute atomic E-state index is 0.0640. The lowest BCUT2D eigenvalue weighted by Gasteiger charge is -2.19. The van der Waals surface area contributed by atoms with Crippen LogP contribution in [0.3, 0.4) is 0 Å². The number of hydrogen-bond donors (Lipinski definition) is 3. The molecular weight excluding hydrogens is 915 g/mol. The number of nitrogens with one attached hydrogen (secondary N) is 1. The Morgan fingerprint density at radius 2 is 0.520 bits per heavy atom. The number of amides is 1. The third-order valence-corrected chi connectivity index (χ3v) is 16.7. The first kappa shape index (κ1) is 73.9. The predicted octanol–water partition coefficient (Wildman–Crippen LogP) is 23.8. The molecule has 0 aliphatic heterocycles. The molecule has 2 unspecified atom stereocenters. The molecule has 0 bridgehead atoms. The van der Waals surface area contributed by atoms with Crippen molar-refractivity contribution >= 4 is 5.91 Å². The molecule has 2 atom stereocenters. The Bertz CT molecular complexity index is 1100. The van der Waals surface area contributed by atoms with Gasteiger partial charge in [0.2, 0.25) is 5.91 Å². The molecule has 0 spiro atoms. The van der Waals surface area contributed by atoms with Crippen LogP contribution in [0.5, 0.6) is 0 Å². The van der Waals surface area contributed by atoms with Crippen LogP contribution in [0.4, 0.5) is 0 Å². The molecular formula is C71H139NO3. The van der Waals surface area contributed by atoms with Gasteiger partial charge in [-0.25, -0.2) is 0 Å². The highest BCUT2D eigenvalue weighted by Crippen LogP contribution is 2.19.